The van der Waals surface area contributed by atoms with Crippen molar-refractivity contribution in [3.8, 4) is 11.5 Å². The number of amides is 1. The van der Waals surface area contributed by atoms with Crippen LogP contribution in [-0.2, 0) is 6.61 Å². The number of hydrogen-bond donors (Lipinski definition) is 1. The van der Waals surface area contributed by atoms with Crippen molar-refractivity contribution in [2.75, 3.05) is 12.4 Å². The zero-order valence-electron chi connectivity index (χ0n) is 14.1. The highest BCUT2D eigenvalue weighted by Crippen LogP contribution is 2.19. The molecule has 0 saturated carbocycles. The zero-order chi connectivity index (χ0) is 17.6. The van der Waals surface area contributed by atoms with Gasteiger partial charge in [-0.2, -0.15) is 0 Å². The van der Waals surface area contributed by atoms with Gasteiger partial charge in [-0.3, -0.25) is 4.79 Å². The van der Waals surface area contributed by atoms with E-state index in [2.05, 4.69) is 5.32 Å². The van der Waals surface area contributed by atoms with Crippen molar-refractivity contribution in [2.45, 2.75) is 13.5 Å². The molecule has 0 fully saturated rings. The molecule has 0 aliphatic rings. The van der Waals surface area contributed by atoms with Gasteiger partial charge in [0.1, 0.15) is 23.9 Å². The van der Waals surface area contributed by atoms with E-state index in [1.807, 2.05) is 37.3 Å². The summed E-state index contributed by atoms with van der Waals surface area (Å²) in [4.78, 5) is 12.3. The lowest BCUT2D eigenvalue weighted by Crippen LogP contribution is -2.10. The second-order valence-corrected chi connectivity index (χ2v) is 5.56. The van der Waals surface area contributed by atoms with Crippen LogP contribution in [0.2, 0.25) is 0 Å². The fraction of sp³-hybridized carbons (Fsp3) is 0.150. The standard InChI is InChI=1S/C20H19NO4/c1-14-5-3-8-17(11-14)24-13-18-9-10-19(25-18)20(22)21-15-6-4-7-16(12-15)23-2/h3-12H,13H2,1-2H3,(H,21,22). The number of rotatable bonds is 6. The van der Waals surface area contributed by atoms with E-state index in [1.165, 1.54) is 0 Å². The van der Waals surface area contributed by atoms with Gasteiger partial charge in [0.2, 0.25) is 0 Å². The lowest BCUT2D eigenvalue weighted by Gasteiger charge is -2.06. The van der Waals surface area contributed by atoms with E-state index in [4.69, 9.17) is 13.9 Å². The highest BCUT2D eigenvalue weighted by molar-refractivity contribution is 6.02. The Labute approximate surface area is 146 Å². The third-order valence-corrected chi connectivity index (χ3v) is 3.58. The fourth-order valence-electron chi connectivity index (χ4n) is 2.33. The Morgan fingerprint density at radius 1 is 1.04 bits per heavy atom. The molecule has 5 heteroatoms. The number of nitrogens with one attached hydrogen (secondary N) is 1. The summed E-state index contributed by atoms with van der Waals surface area (Å²) in [5, 5.41) is 2.77. The van der Waals surface area contributed by atoms with E-state index in [9.17, 15) is 4.79 Å². The molecule has 0 radical (unpaired) electrons. The molecule has 128 valence electrons. The van der Waals surface area contributed by atoms with E-state index >= 15 is 0 Å². The van der Waals surface area contributed by atoms with Gasteiger partial charge in [-0.1, -0.05) is 18.2 Å². The first-order chi connectivity index (χ1) is 12.1. The molecule has 5 nitrogen and oxygen atoms in total. The highest BCUT2D eigenvalue weighted by Gasteiger charge is 2.12. The largest absolute Gasteiger partial charge is 0.497 e. The summed E-state index contributed by atoms with van der Waals surface area (Å²) < 4.78 is 16.4. The number of benzene rings is 2. The molecule has 0 unspecified atom stereocenters. The number of methoxy groups -OCH3 is 1. The fourth-order valence-corrected chi connectivity index (χ4v) is 2.33. The Hall–Kier alpha value is -3.21. The molecule has 0 bridgehead atoms. The van der Waals surface area contributed by atoms with Crippen LogP contribution in [0.15, 0.2) is 65.1 Å². The molecule has 0 saturated heterocycles. The average molecular weight is 337 g/mol. The van der Waals surface area contributed by atoms with Crippen molar-refractivity contribution in [3.05, 3.63) is 77.7 Å². The summed E-state index contributed by atoms with van der Waals surface area (Å²) in [7, 11) is 1.58. The number of furan rings is 1. The van der Waals surface area contributed by atoms with Crippen molar-refractivity contribution < 1.29 is 18.7 Å². The Bertz CT molecular complexity index is 869. The predicted molar refractivity (Wildman–Crippen MR) is 95.2 cm³/mol. The van der Waals surface area contributed by atoms with Crippen LogP contribution in [0.25, 0.3) is 0 Å². The topological polar surface area (TPSA) is 60.7 Å². The molecule has 2 aromatic carbocycles. The minimum Gasteiger partial charge on any atom is -0.497 e. The second kappa shape index (κ2) is 7.57. The number of hydrogen-bond acceptors (Lipinski definition) is 4. The summed E-state index contributed by atoms with van der Waals surface area (Å²) in [6, 6.07) is 18.3. The van der Waals surface area contributed by atoms with Crippen LogP contribution < -0.4 is 14.8 Å². The van der Waals surface area contributed by atoms with Gasteiger partial charge in [0.15, 0.2) is 5.76 Å². The van der Waals surface area contributed by atoms with Gasteiger partial charge in [0, 0.05) is 11.8 Å². The third-order valence-electron chi connectivity index (χ3n) is 3.58. The van der Waals surface area contributed by atoms with E-state index in [0.29, 0.717) is 17.2 Å². The van der Waals surface area contributed by atoms with Gasteiger partial charge in [-0.05, 0) is 48.9 Å². The van der Waals surface area contributed by atoms with E-state index in [0.717, 1.165) is 11.3 Å². The maximum Gasteiger partial charge on any atom is 0.291 e. The van der Waals surface area contributed by atoms with E-state index in [-0.39, 0.29) is 18.3 Å². The molecule has 1 aromatic heterocycles. The summed E-state index contributed by atoms with van der Waals surface area (Å²) in [6.45, 7) is 2.26. The van der Waals surface area contributed by atoms with Gasteiger partial charge in [-0.15, -0.1) is 0 Å². The molecule has 1 heterocycles. The molecular weight excluding hydrogens is 318 g/mol. The first kappa shape index (κ1) is 16.6. The van der Waals surface area contributed by atoms with Crippen LogP contribution in [-0.4, -0.2) is 13.0 Å². The maximum atomic E-state index is 12.3. The molecule has 0 aliphatic heterocycles. The number of ether oxygens (including phenoxy) is 2. The molecule has 25 heavy (non-hydrogen) atoms. The van der Waals surface area contributed by atoms with Crippen molar-refractivity contribution >= 4 is 11.6 Å². The summed E-state index contributed by atoms with van der Waals surface area (Å²) in [6.07, 6.45) is 0. The van der Waals surface area contributed by atoms with Crippen molar-refractivity contribution in [1.29, 1.82) is 0 Å². The first-order valence-electron chi connectivity index (χ1n) is 7.87. The Morgan fingerprint density at radius 2 is 1.84 bits per heavy atom. The SMILES string of the molecule is COc1cccc(NC(=O)c2ccc(COc3cccc(C)c3)o2)c1. The number of carbonyl (C=O) groups is 1. The lowest BCUT2D eigenvalue weighted by atomic mass is 10.2. The summed E-state index contributed by atoms with van der Waals surface area (Å²) in [5.74, 6) is 1.92. The van der Waals surface area contributed by atoms with Crippen molar-refractivity contribution in [3.63, 3.8) is 0 Å². The minimum atomic E-state index is -0.324. The average Bonchev–Trinajstić information content (AvgIpc) is 3.09. The molecule has 0 atom stereocenters. The maximum absolute atomic E-state index is 12.3. The molecule has 1 amide bonds. The number of anilines is 1. The lowest BCUT2D eigenvalue weighted by molar-refractivity contribution is 0.0992. The third kappa shape index (κ3) is 4.41. The van der Waals surface area contributed by atoms with Crippen molar-refractivity contribution in [1.82, 2.24) is 0 Å². The Kier molecular flexibility index (Phi) is 5.04. The second-order valence-electron chi connectivity index (χ2n) is 5.56. The molecule has 0 spiro atoms. The minimum absolute atomic E-state index is 0.227. The quantitative estimate of drug-likeness (QED) is 0.723. The van der Waals surface area contributed by atoms with Crippen molar-refractivity contribution in [2.24, 2.45) is 0 Å². The predicted octanol–water partition coefficient (Wildman–Crippen LogP) is 4.43. The molecule has 0 aliphatic carbocycles. The van der Waals surface area contributed by atoms with Gasteiger partial charge in [0.05, 0.1) is 7.11 Å². The summed E-state index contributed by atoms with van der Waals surface area (Å²) >= 11 is 0. The summed E-state index contributed by atoms with van der Waals surface area (Å²) in [5.41, 5.74) is 1.76. The zero-order valence-corrected chi connectivity index (χ0v) is 14.1. The monoisotopic (exact) mass is 337 g/mol. The van der Waals surface area contributed by atoms with Crippen LogP contribution in [0, 0.1) is 6.92 Å². The number of aryl methyl sites for hydroxylation is 1. The Balaban J connectivity index is 1.61. The smallest absolute Gasteiger partial charge is 0.291 e. The molecular formula is C20H19NO4. The van der Waals surface area contributed by atoms with E-state index < -0.39 is 0 Å². The van der Waals surface area contributed by atoms with Crippen LogP contribution in [0.5, 0.6) is 11.5 Å². The van der Waals surface area contributed by atoms with Crippen LogP contribution >= 0.6 is 0 Å². The molecule has 1 N–H and O–H groups in total. The van der Waals surface area contributed by atoms with Gasteiger partial charge in [0.25, 0.3) is 5.91 Å². The highest BCUT2D eigenvalue weighted by atomic mass is 16.5. The van der Waals surface area contributed by atoms with Crippen LogP contribution in [0.1, 0.15) is 21.9 Å². The first-order valence-corrected chi connectivity index (χ1v) is 7.87. The normalized spacial score (nSPS) is 10.3. The number of carbonyl (C=O) groups excluding carboxylic acids is 1. The van der Waals surface area contributed by atoms with Gasteiger partial charge in [-0.25, -0.2) is 0 Å². The van der Waals surface area contributed by atoms with Gasteiger partial charge >= 0.3 is 0 Å². The van der Waals surface area contributed by atoms with Crippen LogP contribution in [0.4, 0.5) is 5.69 Å². The molecule has 3 aromatic rings. The molecule has 3 rings (SSSR count). The van der Waals surface area contributed by atoms with Crippen LogP contribution in [0.3, 0.4) is 0 Å². The van der Waals surface area contributed by atoms with Gasteiger partial charge < -0.3 is 19.2 Å². The Morgan fingerprint density at radius 3 is 2.64 bits per heavy atom. The van der Waals surface area contributed by atoms with E-state index in [1.54, 1.807) is 37.4 Å².